The standard InChI is InChI=1S/C14H23N3O/c1-3-7-17-8-5-12(10-17)9-16-14(18)13-4-6-15-11(13)2/h4,6,12,15H,3,5,7-10H2,1-2H3,(H,16,18). The van der Waals surface area contributed by atoms with Crippen molar-refractivity contribution >= 4 is 5.91 Å². The van der Waals surface area contributed by atoms with Crippen LogP contribution >= 0.6 is 0 Å². The SMILES string of the molecule is CCCN1CCC(CNC(=O)c2cc[nH]c2C)C1. The van der Waals surface area contributed by atoms with Crippen LogP contribution in [0.25, 0.3) is 0 Å². The number of carbonyl (C=O) groups is 1. The predicted octanol–water partition coefficient (Wildman–Crippen LogP) is 1.78. The molecular formula is C14H23N3O. The van der Waals surface area contributed by atoms with Gasteiger partial charge in [-0.25, -0.2) is 0 Å². The highest BCUT2D eigenvalue weighted by atomic mass is 16.1. The van der Waals surface area contributed by atoms with Crippen LogP contribution in [0.3, 0.4) is 0 Å². The van der Waals surface area contributed by atoms with Crippen LogP contribution in [0.15, 0.2) is 12.3 Å². The summed E-state index contributed by atoms with van der Waals surface area (Å²) in [4.78, 5) is 17.5. The molecule has 4 nitrogen and oxygen atoms in total. The average Bonchev–Trinajstić information content (AvgIpc) is 2.96. The molecule has 1 aromatic heterocycles. The van der Waals surface area contributed by atoms with Crippen molar-refractivity contribution in [3.05, 3.63) is 23.5 Å². The van der Waals surface area contributed by atoms with E-state index in [1.807, 2.05) is 19.2 Å². The first-order chi connectivity index (χ1) is 8.70. The molecule has 1 saturated heterocycles. The lowest BCUT2D eigenvalue weighted by Crippen LogP contribution is -2.31. The maximum atomic E-state index is 11.9. The van der Waals surface area contributed by atoms with Crippen molar-refractivity contribution in [1.82, 2.24) is 15.2 Å². The highest BCUT2D eigenvalue weighted by molar-refractivity contribution is 5.95. The average molecular weight is 249 g/mol. The lowest BCUT2D eigenvalue weighted by atomic mass is 10.1. The molecule has 2 heterocycles. The molecule has 1 unspecified atom stereocenters. The van der Waals surface area contributed by atoms with Gasteiger partial charge in [-0.1, -0.05) is 6.92 Å². The fourth-order valence-corrected chi connectivity index (χ4v) is 2.63. The fourth-order valence-electron chi connectivity index (χ4n) is 2.63. The zero-order valence-electron chi connectivity index (χ0n) is 11.3. The van der Waals surface area contributed by atoms with Crippen LogP contribution in [-0.4, -0.2) is 42.0 Å². The van der Waals surface area contributed by atoms with Gasteiger partial charge < -0.3 is 15.2 Å². The van der Waals surface area contributed by atoms with Crippen molar-refractivity contribution in [3.8, 4) is 0 Å². The second-order valence-corrected chi connectivity index (χ2v) is 5.18. The second-order valence-electron chi connectivity index (χ2n) is 5.18. The molecule has 100 valence electrons. The Labute approximate surface area is 109 Å². The van der Waals surface area contributed by atoms with Crippen LogP contribution in [0.1, 0.15) is 35.8 Å². The molecule has 0 spiro atoms. The molecule has 0 bridgehead atoms. The Morgan fingerprint density at radius 3 is 3.11 bits per heavy atom. The maximum absolute atomic E-state index is 11.9. The number of aromatic nitrogens is 1. The molecule has 0 saturated carbocycles. The van der Waals surface area contributed by atoms with Crippen molar-refractivity contribution in [2.24, 2.45) is 5.92 Å². The van der Waals surface area contributed by atoms with Gasteiger partial charge in [0, 0.05) is 25.0 Å². The Bertz CT molecular complexity index is 399. The topological polar surface area (TPSA) is 48.1 Å². The summed E-state index contributed by atoms with van der Waals surface area (Å²) in [5, 5.41) is 3.04. The molecule has 0 aromatic carbocycles. The van der Waals surface area contributed by atoms with E-state index in [1.54, 1.807) is 0 Å². The smallest absolute Gasteiger partial charge is 0.253 e. The zero-order chi connectivity index (χ0) is 13.0. The van der Waals surface area contributed by atoms with Crippen LogP contribution in [0.4, 0.5) is 0 Å². The van der Waals surface area contributed by atoms with E-state index in [0.717, 1.165) is 24.3 Å². The van der Waals surface area contributed by atoms with E-state index in [-0.39, 0.29) is 5.91 Å². The molecule has 1 aromatic rings. The zero-order valence-corrected chi connectivity index (χ0v) is 11.3. The molecule has 0 radical (unpaired) electrons. The van der Waals surface area contributed by atoms with Gasteiger partial charge >= 0.3 is 0 Å². The minimum atomic E-state index is 0.0442. The number of rotatable bonds is 5. The van der Waals surface area contributed by atoms with Crippen molar-refractivity contribution in [2.75, 3.05) is 26.2 Å². The number of likely N-dealkylation sites (tertiary alicyclic amines) is 1. The highest BCUT2D eigenvalue weighted by Gasteiger charge is 2.22. The molecular weight excluding hydrogens is 226 g/mol. The minimum Gasteiger partial charge on any atom is -0.365 e. The molecule has 18 heavy (non-hydrogen) atoms. The predicted molar refractivity (Wildman–Crippen MR) is 72.7 cm³/mol. The van der Waals surface area contributed by atoms with E-state index < -0.39 is 0 Å². The van der Waals surface area contributed by atoms with Gasteiger partial charge in [0.15, 0.2) is 0 Å². The maximum Gasteiger partial charge on any atom is 0.253 e. The van der Waals surface area contributed by atoms with Crippen LogP contribution in [0, 0.1) is 12.8 Å². The van der Waals surface area contributed by atoms with E-state index in [2.05, 4.69) is 22.1 Å². The third-order valence-electron chi connectivity index (χ3n) is 3.66. The molecule has 2 N–H and O–H groups in total. The number of carbonyl (C=O) groups excluding carboxylic acids is 1. The molecule has 1 aliphatic rings. The van der Waals surface area contributed by atoms with Crippen LogP contribution in [0.2, 0.25) is 0 Å². The summed E-state index contributed by atoms with van der Waals surface area (Å²) in [5.74, 6) is 0.655. The van der Waals surface area contributed by atoms with Crippen molar-refractivity contribution in [3.63, 3.8) is 0 Å². The molecule has 1 atom stereocenters. The number of nitrogens with zero attached hydrogens (tertiary/aromatic N) is 1. The van der Waals surface area contributed by atoms with E-state index in [9.17, 15) is 4.79 Å². The second kappa shape index (κ2) is 6.05. The van der Waals surface area contributed by atoms with E-state index in [0.29, 0.717) is 5.92 Å². The van der Waals surface area contributed by atoms with E-state index >= 15 is 0 Å². The van der Waals surface area contributed by atoms with Gasteiger partial charge in [-0.2, -0.15) is 0 Å². The number of aromatic amines is 1. The lowest BCUT2D eigenvalue weighted by molar-refractivity contribution is 0.0947. The van der Waals surface area contributed by atoms with Crippen molar-refractivity contribution in [1.29, 1.82) is 0 Å². The fraction of sp³-hybridized carbons (Fsp3) is 0.643. The summed E-state index contributed by atoms with van der Waals surface area (Å²) in [6.45, 7) is 8.42. The number of H-pyrrole nitrogens is 1. The normalized spacial score (nSPS) is 20.2. The van der Waals surface area contributed by atoms with Gasteiger partial charge in [0.1, 0.15) is 0 Å². The number of hydrogen-bond acceptors (Lipinski definition) is 2. The molecule has 2 rings (SSSR count). The van der Waals surface area contributed by atoms with Gasteiger partial charge in [0.2, 0.25) is 0 Å². The summed E-state index contributed by atoms with van der Waals surface area (Å²) >= 11 is 0. The first kappa shape index (κ1) is 13.1. The Hall–Kier alpha value is -1.29. The third-order valence-corrected chi connectivity index (χ3v) is 3.66. The Balaban J connectivity index is 1.76. The Morgan fingerprint density at radius 1 is 1.61 bits per heavy atom. The first-order valence-corrected chi connectivity index (χ1v) is 6.85. The molecule has 4 heteroatoms. The number of amides is 1. The highest BCUT2D eigenvalue weighted by Crippen LogP contribution is 2.15. The quantitative estimate of drug-likeness (QED) is 0.835. The Kier molecular flexibility index (Phi) is 4.42. The molecule has 1 aliphatic heterocycles. The van der Waals surface area contributed by atoms with Crippen LogP contribution in [0.5, 0.6) is 0 Å². The summed E-state index contributed by atoms with van der Waals surface area (Å²) < 4.78 is 0. The molecule has 1 amide bonds. The summed E-state index contributed by atoms with van der Waals surface area (Å²) in [7, 11) is 0. The lowest BCUT2D eigenvalue weighted by Gasteiger charge is -2.15. The van der Waals surface area contributed by atoms with Gasteiger partial charge in [0.05, 0.1) is 5.56 Å². The van der Waals surface area contributed by atoms with Crippen molar-refractivity contribution in [2.45, 2.75) is 26.7 Å². The summed E-state index contributed by atoms with van der Waals surface area (Å²) in [5.41, 5.74) is 1.70. The Morgan fingerprint density at radius 2 is 2.44 bits per heavy atom. The van der Waals surface area contributed by atoms with Gasteiger partial charge in [-0.15, -0.1) is 0 Å². The van der Waals surface area contributed by atoms with Crippen LogP contribution in [-0.2, 0) is 0 Å². The molecule has 0 aliphatic carbocycles. The van der Waals surface area contributed by atoms with Gasteiger partial charge in [0.25, 0.3) is 5.91 Å². The largest absolute Gasteiger partial charge is 0.365 e. The number of nitrogens with one attached hydrogen (secondary N) is 2. The number of aryl methyl sites for hydroxylation is 1. The summed E-state index contributed by atoms with van der Waals surface area (Å²) in [6, 6.07) is 1.84. The van der Waals surface area contributed by atoms with Gasteiger partial charge in [-0.05, 0) is 44.8 Å². The van der Waals surface area contributed by atoms with Crippen molar-refractivity contribution < 1.29 is 4.79 Å². The monoisotopic (exact) mass is 249 g/mol. The number of hydrogen-bond donors (Lipinski definition) is 2. The minimum absolute atomic E-state index is 0.0442. The van der Waals surface area contributed by atoms with Crippen LogP contribution < -0.4 is 5.32 Å². The van der Waals surface area contributed by atoms with Gasteiger partial charge in [-0.3, -0.25) is 4.79 Å². The van der Waals surface area contributed by atoms with E-state index in [1.165, 1.54) is 25.9 Å². The molecule has 1 fully saturated rings. The summed E-state index contributed by atoms with van der Waals surface area (Å²) in [6.07, 6.45) is 4.22. The first-order valence-electron chi connectivity index (χ1n) is 6.85. The van der Waals surface area contributed by atoms with E-state index in [4.69, 9.17) is 0 Å². The third kappa shape index (κ3) is 3.13.